The van der Waals surface area contributed by atoms with Gasteiger partial charge in [0, 0.05) is 32.1 Å². The number of nitrogens with one attached hydrogen (secondary N) is 1. The van der Waals surface area contributed by atoms with Gasteiger partial charge >= 0.3 is 0 Å². The molecule has 0 unspecified atom stereocenters. The molecule has 2 rings (SSSR count). The zero-order chi connectivity index (χ0) is 17.0. The number of amides is 3. The molecule has 124 valence electrons. The van der Waals surface area contributed by atoms with Gasteiger partial charge in [0.25, 0.3) is 0 Å². The third kappa shape index (κ3) is 4.45. The summed E-state index contributed by atoms with van der Waals surface area (Å²) in [5.74, 6) is -0.536. The van der Waals surface area contributed by atoms with Crippen LogP contribution in [0.4, 0.5) is 0 Å². The SMILES string of the molecule is CN(C)C(=O)CNC(=O)[C@@H]1CCC(=O)N1Cc1ccc(Cl)cc1. The van der Waals surface area contributed by atoms with Crippen LogP contribution in [0.5, 0.6) is 0 Å². The van der Waals surface area contributed by atoms with Gasteiger partial charge in [0.15, 0.2) is 0 Å². The molecule has 0 aliphatic carbocycles. The van der Waals surface area contributed by atoms with E-state index in [4.69, 9.17) is 11.6 Å². The Balaban J connectivity index is 1.99. The summed E-state index contributed by atoms with van der Waals surface area (Å²) in [5.41, 5.74) is 0.909. The molecule has 0 saturated carbocycles. The predicted octanol–water partition coefficient (Wildman–Crippen LogP) is 1.04. The number of nitrogens with zero attached hydrogens (tertiary/aromatic N) is 2. The lowest BCUT2D eigenvalue weighted by atomic mass is 10.1. The molecular formula is C16H20ClN3O3. The average molecular weight is 338 g/mol. The Hall–Kier alpha value is -2.08. The smallest absolute Gasteiger partial charge is 0.243 e. The van der Waals surface area contributed by atoms with Crippen LogP contribution in [0, 0.1) is 0 Å². The minimum atomic E-state index is -0.534. The fraction of sp³-hybridized carbons (Fsp3) is 0.438. The van der Waals surface area contributed by atoms with Crippen molar-refractivity contribution in [3.8, 4) is 0 Å². The molecule has 1 aliphatic rings. The average Bonchev–Trinajstić information content (AvgIpc) is 2.88. The van der Waals surface area contributed by atoms with E-state index in [0.717, 1.165) is 5.56 Å². The Kier molecular flexibility index (Phi) is 5.60. The standard InChI is InChI=1S/C16H20ClN3O3/c1-19(2)15(22)9-18-16(23)13-7-8-14(21)20(13)10-11-3-5-12(17)6-4-11/h3-6,13H,7-10H2,1-2H3,(H,18,23)/t13-/m0/s1. The van der Waals surface area contributed by atoms with Crippen molar-refractivity contribution in [3.63, 3.8) is 0 Å². The van der Waals surface area contributed by atoms with E-state index in [2.05, 4.69) is 5.32 Å². The Morgan fingerprint density at radius 1 is 1.30 bits per heavy atom. The second kappa shape index (κ2) is 7.46. The van der Waals surface area contributed by atoms with E-state index < -0.39 is 6.04 Å². The molecule has 1 atom stereocenters. The van der Waals surface area contributed by atoms with Crippen molar-refractivity contribution in [2.24, 2.45) is 0 Å². The minimum Gasteiger partial charge on any atom is -0.347 e. The van der Waals surface area contributed by atoms with Gasteiger partial charge in [-0.2, -0.15) is 0 Å². The second-order valence-corrected chi connectivity index (χ2v) is 6.14. The third-order valence-electron chi connectivity index (χ3n) is 3.81. The summed E-state index contributed by atoms with van der Waals surface area (Å²) in [4.78, 5) is 38.8. The van der Waals surface area contributed by atoms with E-state index in [1.807, 2.05) is 12.1 Å². The topological polar surface area (TPSA) is 69.7 Å². The molecule has 1 heterocycles. The number of hydrogen-bond donors (Lipinski definition) is 1. The molecule has 1 aliphatic heterocycles. The Labute approximate surface area is 140 Å². The van der Waals surface area contributed by atoms with Crippen molar-refractivity contribution in [1.82, 2.24) is 15.1 Å². The highest BCUT2D eigenvalue weighted by molar-refractivity contribution is 6.30. The van der Waals surface area contributed by atoms with Crippen LogP contribution in [0.1, 0.15) is 18.4 Å². The maximum Gasteiger partial charge on any atom is 0.243 e. The highest BCUT2D eigenvalue weighted by atomic mass is 35.5. The number of likely N-dealkylation sites (N-methyl/N-ethyl adjacent to an activating group) is 1. The molecule has 0 bridgehead atoms. The van der Waals surface area contributed by atoms with Gasteiger partial charge in [-0.15, -0.1) is 0 Å². The highest BCUT2D eigenvalue weighted by Gasteiger charge is 2.35. The number of likely N-dealkylation sites (tertiary alicyclic amines) is 1. The van der Waals surface area contributed by atoms with Crippen LogP contribution < -0.4 is 5.32 Å². The van der Waals surface area contributed by atoms with Crippen molar-refractivity contribution in [1.29, 1.82) is 0 Å². The van der Waals surface area contributed by atoms with Crippen LogP contribution in [0.3, 0.4) is 0 Å². The molecule has 1 aromatic carbocycles. The maximum atomic E-state index is 12.3. The summed E-state index contributed by atoms with van der Waals surface area (Å²) in [6.07, 6.45) is 0.807. The zero-order valence-corrected chi connectivity index (χ0v) is 14.0. The van der Waals surface area contributed by atoms with Gasteiger partial charge in [0.2, 0.25) is 17.7 Å². The summed E-state index contributed by atoms with van der Waals surface area (Å²) in [6, 6.07) is 6.63. The molecule has 0 spiro atoms. The van der Waals surface area contributed by atoms with Gasteiger partial charge in [-0.1, -0.05) is 23.7 Å². The normalized spacial score (nSPS) is 17.3. The van der Waals surface area contributed by atoms with Gasteiger partial charge in [-0.25, -0.2) is 0 Å². The summed E-state index contributed by atoms with van der Waals surface area (Å²) in [7, 11) is 3.25. The first-order valence-corrected chi connectivity index (χ1v) is 7.78. The molecule has 23 heavy (non-hydrogen) atoms. The van der Waals surface area contributed by atoms with E-state index in [1.54, 1.807) is 31.1 Å². The van der Waals surface area contributed by atoms with E-state index in [1.165, 1.54) is 4.90 Å². The monoisotopic (exact) mass is 337 g/mol. The van der Waals surface area contributed by atoms with Crippen molar-refractivity contribution < 1.29 is 14.4 Å². The van der Waals surface area contributed by atoms with Gasteiger partial charge in [0.1, 0.15) is 6.04 Å². The fourth-order valence-corrected chi connectivity index (χ4v) is 2.56. The van der Waals surface area contributed by atoms with Crippen LogP contribution >= 0.6 is 11.6 Å². The molecule has 6 nitrogen and oxygen atoms in total. The largest absolute Gasteiger partial charge is 0.347 e. The first-order chi connectivity index (χ1) is 10.9. The van der Waals surface area contributed by atoms with Gasteiger partial charge < -0.3 is 15.1 Å². The van der Waals surface area contributed by atoms with Crippen LogP contribution in [0.2, 0.25) is 5.02 Å². The molecule has 1 aromatic rings. The molecule has 7 heteroatoms. The van der Waals surface area contributed by atoms with Gasteiger partial charge in [-0.3, -0.25) is 14.4 Å². The first-order valence-electron chi connectivity index (χ1n) is 7.40. The van der Waals surface area contributed by atoms with E-state index in [9.17, 15) is 14.4 Å². The van der Waals surface area contributed by atoms with Crippen LogP contribution in [0.25, 0.3) is 0 Å². The number of carbonyl (C=O) groups excluding carboxylic acids is 3. The van der Waals surface area contributed by atoms with E-state index in [-0.39, 0.29) is 24.3 Å². The number of rotatable bonds is 5. The summed E-state index contributed by atoms with van der Waals surface area (Å²) in [5, 5.41) is 3.23. The van der Waals surface area contributed by atoms with Crippen molar-refractivity contribution in [3.05, 3.63) is 34.9 Å². The van der Waals surface area contributed by atoms with Gasteiger partial charge in [0.05, 0.1) is 6.54 Å². The van der Waals surface area contributed by atoms with Crippen LogP contribution in [-0.2, 0) is 20.9 Å². The molecule has 3 amide bonds. The van der Waals surface area contributed by atoms with Crippen molar-refractivity contribution >= 4 is 29.3 Å². The summed E-state index contributed by atoms with van der Waals surface area (Å²) in [6.45, 7) is 0.293. The van der Waals surface area contributed by atoms with E-state index in [0.29, 0.717) is 24.4 Å². The fourth-order valence-electron chi connectivity index (χ4n) is 2.43. The predicted molar refractivity (Wildman–Crippen MR) is 86.7 cm³/mol. The Morgan fingerprint density at radius 2 is 1.96 bits per heavy atom. The second-order valence-electron chi connectivity index (χ2n) is 5.71. The maximum absolute atomic E-state index is 12.3. The number of halogens is 1. The van der Waals surface area contributed by atoms with Crippen molar-refractivity contribution in [2.75, 3.05) is 20.6 Å². The molecule has 0 aromatic heterocycles. The first kappa shape index (κ1) is 17.3. The lowest BCUT2D eigenvalue weighted by molar-refractivity contribution is -0.137. The molecular weight excluding hydrogens is 318 g/mol. The Morgan fingerprint density at radius 3 is 2.57 bits per heavy atom. The summed E-state index contributed by atoms with van der Waals surface area (Å²) >= 11 is 5.85. The van der Waals surface area contributed by atoms with Gasteiger partial charge in [-0.05, 0) is 24.1 Å². The molecule has 1 saturated heterocycles. The molecule has 1 N–H and O–H groups in total. The van der Waals surface area contributed by atoms with Crippen LogP contribution in [0.15, 0.2) is 24.3 Å². The highest BCUT2D eigenvalue weighted by Crippen LogP contribution is 2.22. The third-order valence-corrected chi connectivity index (χ3v) is 4.06. The van der Waals surface area contributed by atoms with E-state index >= 15 is 0 Å². The lowest BCUT2D eigenvalue weighted by Crippen LogP contribution is -2.46. The molecule has 1 fully saturated rings. The number of carbonyl (C=O) groups is 3. The number of hydrogen-bond acceptors (Lipinski definition) is 3. The lowest BCUT2D eigenvalue weighted by Gasteiger charge is -2.24. The van der Waals surface area contributed by atoms with Crippen LogP contribution in [-0.4, -0.2) is 54.2 Å². The quantitative estimate of drug-likeness (QED) is 0.872. The Bertz CT molecular complexity index is 601. The zero-order valence-electron chi connectivity index (χ0n) is 13.2. The minimum absolute atomic E-state index is 0.0564. The van der Waals surface area contributed by atoms with Crippen molar-refractivity contribution in [2.45, 2.75) is 25.4 Å². The molecule has 0 radical (unpaired) electrons. The summed E-state index contributed by atoms with van der Waals surface area (Å²) < 4.78 is 0. The number of benzene rings is 1.